The Morgan fingerprint density at radius 2 is 2.00 bits per heavy atom. The molecule has 0 radical (unpaired) electrons. The molecule has 3 rings (SSSR count). The molecule has 0 aliphatic carbocycles. The third-order valence-electron chi connectivity index (χ3n) is 3.61. The minimum Gasteiger partial charge on any atom is -0.469 e. The molecule has 3 aromatic rings. The van der Waals surface area contributed by atoms with Gasteiger partial charge in [-0.2, -0.15) is 0 Å². The van der Waals surface area contributed by atoms with Crippen LogP contribution in [0.3, 0.4) is 0 Å². The smallest absolute Gasteiger partial charge is 0.134 e. The highest BCUT2D eigenvalue weighted by Crippen LogP contribution is 2.20. The van der Waals surface area contributed by atoms with E-state index in [9.17, 15) is 0 Å². The van der Waals surface area contributed by atoms with Crippen LogP contribution < -0.4 is 5.32 Å². The Morgan fingerprint density at radius 3 is 2.85 bits per heavy atom. The summed E-state index contributed by atoms with van der Waals surface area (Å²) in [6, 6.07) is 12.5. The van der Waals surface area contributed by atoms with E-state index in [0.29, 0.717) is 6.04 Å². The molecule has 3 nitrogen and oxygen atoms in total. The van der Waals surface area contributed by atoms with Crippen LogP contribution in [0.15, 0.2) is 57.8 Å². The van der Waals surface area contributed by atoms with E-state index < -0.39 is 0 Å². The molecule has 0 aliphatic rings. The van der Waals surface area contributed by atoms with Crippen LogP contribution in [-0.2, 0) is 13.0 Å². The summed E-state index contributed by atoms with van der Waals surface area (Å²) in [4.78, 5) is 0. The minimum atomic E-state index is 0.439. The van der Waals surface area contributed by atoms with Crippen LogP contribution in [-0.4, -0.2) is 6.04 Å². The molecule has 1 aromatic carbocycles. The van der Waals surface area contributed by atoms with Gasteiger partial charge in [0.1, 0.15) is 11.3 Å². The van der Waals surface area contributed by atoms with Gasteiger partial charge in [-0.15, -0.1) is 0 Å². The molecule has 0 bridgehead atoms. The SMILES string of the molecule is CC(CCc1ccco1)NCc1coc2ccccc12. The number of rotatable bonds is 6. The summed E-state index contributed by atoms with van der Waals surface area (Å²) in [6.45, 7) is 3.03. The Kier molecular flexibility index (Phi) is 3.88. The summed E-state index contributed by atoms with van der Waals surface area (Å²) >= 11 is 0. The van der Waals surface area contributed by atoms with Crippen molar-refractivity contribution < 1.29 is 8.83 Å². The topological polar surface area (TPSA) is 38.3 Å². The first kappa shape index (κ1) is 13.0. The number of para-hydroxylation sites is 1. The number of benzene rings is 1. The highest BCUT2D eigenvalue weighted by Gasteiger charge is 2.07. The quantitative estimate of drug-likeness (QED) is 0.731. The van der Waals surface area contributed by atoms with E-state index in [4.69, 9.17) is 8.83 Å². The summed E-state index contributed by atoms with van der Waals surface area (Å²) in [5.41, 5.74) is 2.16. The van der Waals surface area contributed by atoms with Crippen molar-refractivity contribution in [3.05, 3.63) is 60.2 Å². The molecule has 104 valence electrons. The van der Waals surface area contributed by atoms with Crippen molar-refractivity contribution in [2.75, 3.05) is 0 Å². The van der Waals surface area contributed by atoms with E-state index in [2.05, 4.69) is 18.3 Å². The zero-order valence-corrected chi connectivity index (χ0v) is 11.6. The molecule has 20 heavy (non-hydrogen) atoms. The number of aryl methyl sites for hydroxylation is 1. The van der Waals surface area contributed by atoms with Gasteiger partial charge in [0.2, 0.25) is 0 Å². The van der Waals surface area contributed by atoms with Gasteiger partial charge in [0.25, 0.3) is 0 Å². The molecule has 0 amide bonds. The maximum absolute atomic E-state index is 5.55. The van der Waals surface area contributed by atoms with Crippen LogP contribution in [0, 0.1) is 0 Å². The Morgan fingerprint density at radius 1 is 1.10 bits per heavy atom. The van der Waals surface area contributed by atoms with Gasteiger partial charge in [-0.3, -0.25) is 0 Å². The van der Waals surface area contributed by atoms with Crippen LogP contribution in [0.2, 0.25) is 0 Å². The van der Waals surface area contributed by atoms with Gasteiger partial charge >= 0.3 is 0 Å². The maximum atomic E-state index is 5.55. The minimum absolute atomic E-state index is 0.439. The Labute approximate surface area is 118 Å². The van der Waals surface area contributed by atoms with Crippen LogP contribution >= 0.6 is 0 Å². The molecule has 0 saturated heterocycles. The molecule has 2 heterocycles. The first-order chi connectivity index (χ1) is 9.83. The van der Waals surface area contributed by atoms with Gasteiger partial charge < -0.3 is 14.2 Å². The van der Waals surface area contributed by atoms with E-state index in [1.807, 2.05) is 36.6 Å². The lowest BCUT2D eigenvalue weighted by Crippen LogP contribution is -2.25. The van der Waals surface area contributed by atoms with E-state index in [1.165, 1.54) is 10.9 Å². The Balaban J connectivity index is 1.53. The van der Waals surface area contributed by atoms with E-state index in [0.717, 1.165) is 30.7 Å². The first-order valence-corrected chi connectivity index (χ1v) is 7.04. The zero-order valence-electron chi connectivity index (χ0n) is 11.6. The highest BCUT2D eigenvalue weighted by molar-refractivity contribution is 5.80. The number of nitrogens with one attached hydrogen (secondary N) is 1. The lowest BCUT2D eigenvalue weighted by Gasteiger charge is -2.12. The van der Waals surface area contributed by atoms with Crippen molar-refractivity contribution in [3.63, 3.8) is 0 Å². The van der Waals surface area contributed by atoms with Crippen molar-refractivity contribution in [1.29, 1.82) is 0 Å². The number of furan rings is 2. The standard InChI is InChI=1S/C17H19NO2/c1-13(8-9-15-5-4-10-19-15)18-11-14-12-20-17-7-3-2-6-16(14)17/h2-7,10,12-13,18H,8-9,11H2,1H3. The van der Waals surface area contributed by atoms with Crippen molar-refractivity contribution in [2.45, 2.75) is 32.4 Å². The van der Waals surface area contributed by atoms with Gasteiger partial charge in [-0.1, -0.05) is 18.2 Å². The summed E-state index contributed by atoms with van der Waals surface area (Å²) < 4.78 is 10.9. The van der Waals surface area contributed by atoms with E-state index >= 15 is 0 Å². The molecular formula is C17H19NO2. The van der Waals surface area contributed by atoms with Crippen molar-refractivity contribution in [2.24, 2.45) is 0 Å². The molecule has 0 fully saturated rings. The summed E-state index contributed by atoms with van der Waals surface area (Å²) in [5.74, 6) is 1.05. The van der Waals surface area contributed by atoms with Crippen LogP contribution in [0.25, 0.3) is 11.0 Å². The predicted molar refractivity (Wildman–Crippen MR) is 79.5 cm³/mol. The fourth-order valence-corrected chi connectivity index (χ4v) is 2.37. The zero-order chi connectivity index (χ0) is 13.8. The summed E-state index contributed by atoms with van der Waals surface area (Å²) in [7, 11) is 0. The van der Waals surface area contributed by atoms with Crippen LogP contribution in [0.5, 0.6) is 0 Å². The second-order valence-corrected chi connectivity index (χ2v) is 5.16. The van der Waals surface area contributed by atoms with Gasteiger partial charge in [-0.05, 0) is 31.5 Å². The number of fused-ring (bicyclic) bond motifs is 1. The highest BCUT2D eigenvalue weighted by atomic mass is 16.3. The van der Waals surface area contributed by atoms with Gasteiger partial charge in [-0.25, -0.2) is 0 Å². The molecule has 0 aliphatic heterocycles. The molecular weight excluding hydrogens is 250 g/mol. The van der Waals surface area contributed by atoms with E-state index in [1.54, 1.807) is 6.26 Å². The van der Waals surface area contributed by atoms with Crippen molar-refractivity contribution in [3.8, 4) is 0 Å². The largest absolute Gasteiger partial charge is 0.469 e. The van der Waals surface area contributed by atoms with E-state index in [-0.39, 0.29) is 0 Å². The lowest BCUT2D eigenvalue weighted by atomic mass is 10.1. The first-order valence-electron chi connectivity index (χ1n) is 7.04. The third-order valence-corrected chi connectivity index (χ3v) is 3.61. The fourth-order valence-electron chi connectivity index (χ4n) is 2.37. The molecule has 1 N–H and O–H groups in total. The van der Waals surface area contributed by atoms with Crippen LogP contribution in [0.4, 0.5) is 0 Å². The second kappa shape index (κ2) is 5.97. The monoisotopic (exact) mass is 269 g/mol. The average molecular weight is 269 g/mol. The predicted octanol–water partition coefficient (Wildman–Crippen LogP) is 4.14. The lowest BCUT2D eigenvalue weighted by molar-refractivity contribution is 0.459. The number of hydrogen-bond acceptors (Lipinski definition) is 3. The average Bonchev–Trinajstić information content (AvgIpc) is 3.12. The Bertz CT molecular complexity index is 655. The number of hydrogen-bond donors (Lipinski definition) is 1. The fraction of sp³-hybridized carbons (Fsp3) is 0.294. The van der Waals surface area contributed by atoms with Crippen LogP contribution in [0.1, 0.15) is 24.7 Å². The molecule has 1 atom stereocenters. The maximum Gasteiger partial charge on any atom is 0.134 e. The van der Waals surface area contributed by atoms with Crippen molar-refractivity contribution >= 4 is 11.0 Å². The Hall–Kier alpha value is -2.00. The molecule has 2 aromatic heterocycles. The normalized spacial score (nSPS) is 12.8. The van der Waals surface area contributed by atoms with Gasteiger partial charge in [0.15, 0.2) is 0 Å². The van der Waals surface area contributed by atoms with Crippen molar-refractivity contribution in [1.82, 2.24) is 5.32 Å². The molecule has 1 unspecified atom stereocenters. The summed E-state index contributed by atoms with van der Waals surface area (Å²) in [5, 5.41) is 4.73. The molecule has 0 saturated carbocycles. The van der Waals surface area contributed by atoms with Gasteiger partial charge in [0.05, 0.1) is 12.5 Å². The molecule has 3 heteroatoms. The summed E-state index contributed by atoms with van der Waals surface area (Å²) in [6.07, 6.45) is 5.60. The second-order valence-electron chi connectivity index (χ2n) is 5.16. The molecule has 0 spiro atoms. The third kappa shape index (κ3) is 2.94. The van der Waals surface area contributed by atoms with Gasteiger partial charge in [0, 0.05) is 30.0 Å².